The fourth-order valence-corrected chi connectivity index (χ4v) is 3.18. The average molecular weight is 194 g/mol. The van der Waals surface area contributed by atoms with Crippen LogP contribution in [-0.2, 0) is 14.3 Å². The third-order valence-electron chi connectivity index (χ3n) is 3.87. The molecule has 4 heteroatoms. The van der Waals surface area contributed by atoms with Gasteiger partial charge in [0, 0.05) is 0 Å². The van der Waals surface area contributed by atoms with Crippen LogP contribution in [0.3, 0.4) is 0 Å². The Morgan fingerprint density at radius 1 is 1.57 bits per heavy atom. The summed E-state index contributed by atoms with van der Waals surface area (Å²) in [6, 6.07) is 0. The highest BCUT2D eigenvalue weighted by Gasteiger charge is 2.68. The molecule has 0 radical (unpaired) electrons. The number of carboxylic acids is 1. The largest absolute Gasteiger partial charge is 0.481 e. The van der Waals surface area contributed by atoms with Gasteiger partial charge < -0.3 is 9.84 Å². The van der Waals surface area contributed by atoms with Gasteiger partial charge in [0.05, 0.1) is 5.92 Å². The van der Waals surface area contributed by atoms with E-state index >= 15 is 0 Å². The highest BCUT2D eigenvalue weighted by Crippen LogP contribution is 2.59. The van der Waals surface area contributed by atoms with E-state index in [1.165, 1.54) is 0 Å². The number of rotatable bonds is 1. The van der Waals surface area contributed by atoms with Gasteiger partial charge >= 0.3 is 11.9 Å². The summed E-state index contributed by atoms with van der Waals surface area (Å²) < 4.78 is 4.91. The minimum atomic E-state index is -0.948. The van der Waals surface area contributed by atoms with Crippen molar-refractivity contribution >= 4 is 11.9 Å². The van der Waals surface area contributed by atoms with Crippen LogP contribution in [0.25, 0.3) is 0 Å². The molecule has 4 atom stereocenters. The molecule has 3 aliphatic rings. The van der Waals surface area contributed by atoms with Gasteiger partial charge in [0.1, 0.15) is 12.0 Å². The summed E-state index contributed by atoms with van der Waals surface area (Å²) in [4.78, 5) is 22.7. The molecule has 0 aromatic carbocycles. The number of aliphatic carboxylic acids is 1. The van der Waals surface area contributed by atoms with Gasteiger partial charge in [-0.3, -0.25) is 9.59 Å². The molecule has 2 aliphatic carbocycles. The van der Waals surface area contributed by atoms with Crippen LogP contribution in [0, 0.1) is 23.2 Å². The Hall–Kier alpha value is -1.32. The minimum absolute atomic E-state index is 0.0125. The number of fused-ring (bicyclic) bond motifs is 5. The molecular weight excluding hydrogens is 184 g/mol. The highest BCUT2D eigenvalue weighted by molar-refractivity contribution is 5.89. The second kappa shape index (κ2) is 2.19. The molecule has 2 fully saturated rings. The average Bonchev–Trinajstić information content (AvgIpc) is 2.76. The predicted molar refractivity (Wildman–Crippen MR) is 45.3 cm³/mol. The molecule has 14 heavy (non-hydrogen) atoms. The zero-order chi connectivity index (χ0) is 9.92. The fraction of sp³-hybridized carbons (Fsp3) is 0.600. The lowest BCUT2D eigenvalue weighted by Gasteiger charge is -2.27. The molecule has 4 unspecified atom stereocenters. The van der Waals surface area contributed by atoms with Crippen LogP contribution in [0.15, 0.2) is 12.2 Å². The first-order valence-electron chi connectivity index (χ1n) is 4.74. The number of carbonyl (C=O) groups excluding carboxylic acids is 1. The van der Waals surface area contributed by atoms with Crippen LogP contribution in [0.4, 0.5) is 0 Å². The predicted octanol–water partition coefficient (Wildman–Crippen LogP) is 0.436. The molecule has 4 nitrogen and oxygen atoms in total. The third kappa shape index (κ3) is 0.636. The van der Waals surface area contributed by atoms with Gasteiger partial charge in [-0.15, -0.1) is 0 Å². The van der Waals surface area contributed by atoms with E-state index < -0.39 is 17.3 Å². The van der Waals surface area contributed by atoms with E-state index in [9.17, 15) is 14.7 Å². The molecule has 74 valence electrons. The van der Waals surface area contributed by atoms with Crippen molar-refractivity contribution in [3.63, 3.8) is 0 Å². The summed E-state index contributed by atoms with van der Waals surface area (Å²) in [5.41, 5.74) is -0.948. The van der Waals surface area contributed by atoms with E-state index in [2.05, 4.69) is 0 Å². The quantitative estimate of drug-likeness (QED) is 0.486. The molecule has 3 rings (SSSR count). The number of hydrogen-bond donors (Lipinski definition) is 1. The van der Waals surface area contributed by atoms with Crippen molar-refractivity contribution in [1.82, 2.24) is 0 Å². The van der Waals surface area contributed by atoms with Crippen molar-refractivity contribution in [3.8, 4) is 0 Å². The minimum Gasteiger partial charge on any atom is -0.481 e. The van der Waals surface area contributed by atoms with Crippen molar-refractivity contribution in [3.05, 3.63) is 12.2 Å². The number of cyclic esters (lactones) is 1. The maximum atomic E-state index is 11.4. The van der Waals surface area contributed by atoms with Crippen molar-refractivity contribution in [2.75, 3.05) is 6.61 Å². The Labute approximate surface area is 80.5 Å². The Morgan fingerprint density at radius 2 is 2.36 bits per heavy atom. The maximum Gasteiger partial charge on any atom is 0.314 e. The lowest BCUT2D eigenvalue weighted by Crippen LogP contribution is -2.42. The molecule has 1 saturated heterocycles. The first-order valence-corrected chi connectivity index (χ1v) is 4.74. The van der Waals surface area contributed by atoms with Crippen molar-refractivity contribution in [2.45, 2.75) is 6.42 Å². The second-order valence-electron chi connectivity index (χ2n) is 4.32. The normalized spacial score (nSPS) is 48.0. The topological polar surface area (TPSA) is 63.6 Å². The fourth-order valence-electron chi connectivity index (χ4n) is 3.18. The molecular formula is C10H10O4. The number of esters is 1. The van der Waals surface area contributed by atoms with Crippen LogP contribution >= 0.6 is 0 Å². The van der Waals surface area contributed by atoms with Gasteiger partial charge in [-0.05, 0) is 18.3 Å². The lowest BCUT2D eigenvalue weighted by atomic mass is 9.70. The Morgan fingerprint density at radius 3 is 3.00 bits per heavy atom. The summed E-state index contributed by atoms with van der Waals surface area (Å²) in [7, 11) is 0. The highest BCUT2D eigenvalue weighted by atomic mass is 16.5. The zero-order valence-electron chi connectivity index (χ0n) is 7.47. The van der Waals surface area contributed by atoms with Gasteiger partial charge in [0.2, 0.25) is 0 Å². The van der Waals surface area contributed by atoms with Gasteiger partial charge in [0.15, 0.2) is 0 Å². The van der Waals surface area contributed by atoms with Crippen LogP contribution in [0.2, 0.25) is 0 Å². The smallest absolute Gasteiger partial charge is 0.314 e. The van der Waals surface area contributed by atoms with E-state index in [0.29, 0.717) is 0 Å². The summed E-state index contributed by atoms with van der Waals surface area (Å²) in [6.07, 6.45) is 4.69. The Kier molecular flexibility index (Phi) is 1.25. The number of carbonyl (C=O) groups is 2. The first kappa shape index (κ1) is 8.03. The SMILES string of the molecule is O=C1OCC2(C(=O)O)C3C=CC(C3)C12. The molecule has 0 aromatic rings. The second-order valence-corrected chi connectivity index (χ2v) is 4.32. The van der Waals surface area contributed by atoms with E-state index in [-0.39, 0.29) is 24.4 Å². The molecule has 1 aliphatic heterocycles. The number of allylic oxidation sites excluding steroid dienone is 2. The van der Waals surface area contributed by atoms with Crippen LogP contribution in [0.1, 0.15) is 6.42 Å². The zero-order valence-corrected chi connectivity index (χ0v) is 7.47. The van der Waals surface area contributed by atoms with Crippen molar-refractivity contribution < 1.29 is 19.4 Å². The monoisotopic (exact) mass is 194 g/mol. The van der Waals surface area contributed by atoms with Crippen molar-refractivity contribution in [1.29, 1.82) is 0 Å². The number of carboxylic acid groups (broad SMARTS) is 1. The maximum absolute atomic E-state index is 11.4. The van der Waals surface area contributed by atoms with Crippen LogP contribution in [-0.4, -0.2) is 23.7 Å². The van der Waals surface area contributed by atoms with Crippen molar-refractivity contribution in [2.24, 2.45) is 23.2 Å². The molecule has 1 heterocycles. The lowest BCUT2D eigenvalue weighted by molar-refractivity contribution is -0.153. The van der Waals surface area contributed by atoms with Gasteiger partial charge in [-0.25, -0.2) is 0 Å². The first-order chi connectivity index (χ1) is 6.66. The number of hydrogen-bond acceptors (Lipinski definition) is 3. The van der Waals surface area contributed by atoms with E-state index in [0.717, 1.165) is 6.42 Å². The van der Waals surface area contributed by atoms with Crippen LogP contribution in [0.5, 0.6) is 0 Å². The van der Waals surface area contributed by atoms with Crippen LogP contribution < -0.4 is 0 Å². The standard InChI is InChI=1S/C10H10O4/c11-8-7-5-1-2-6(3-5)10(7,4-14-8)9(12)13/h1-2,5-7H,3-4H2,(H,12,13). The van der Waals surface area contributed by atoms with Gasteiger partial charge in [0.25, 0.3) is 0 Å². The molecule has 1 N–H and O–H groups in total. The molecule has 1 saturated carbocycles. The summed E-state index contributed by atoms with van der Waals surface area (Å²) >= 11 is 0. The van der Waals surface area contributed by atoms with E-state index in [4.69, 9.17) is 4.74 Å². The Balaban J connectivity index is 2.14. The van der Waals surface area contributed by atoms with Gasteiger partial charge in [-0.1, -0.05) is 12.2 Å². The molecule has 0 aromatic heterocycles. The summed E-state index contributed by atoms with van der Waals surface area (Å²) in [6.45, 7) is 0.0529. The van der Waals surface area contributed by atoms with Gasteiger partial charge in [-0.2, -0.15) is 0 Å². The van der Waals surface area contributed by atoms with E-state index in [1.807, 2.05) is 12.2 Å². The molecule has 0 amide bonds. The molecule has 0 spiro atoms. The summed E-state index contributed by atoms with van der Waals surface area (Å²) in [5, 5.41) is 9.25. The van der Waals surface area contributed by atoms with E-state index in [1.54, 1.807) is 0 Å². The number of ether oxygens (including phenoxy) is 1. The summed E-state index contributed by atoms with van der Waals surface area (Å²) in [5.74, 6) is -1.57. The molecule has 2 bridgehead atoms. The Bertz CT molecular complexity index is 359. The third-order valence-corrected chi connectivity index (χ3v) is 3.87.